The van der Waals surface area contributed by atoms with Crippen LogP contribution in [0.2, 0.25) is 0 Å². The van der Waals surface area contributed by atoms with Gasteiger partial charge < -0.3 is 24.9 Å². The Balaban J connectivity index is 0.925. The van der Waals surface area contributed by atoms with Crippen LogP contribution < -0.4 is 10.7 Å². The topological polar surface area (TPSA) is 165 Å². The summed E-state index contributed by atoms with van der Waals surface area (Å²) in [5, 5.41) is 4.19. The normalized spacial score (nSPS) is 24.0. The first kappa shape index (κ1) is 35.6. The number of H-pyrrole nitrogens is 2. The summed E-state index contributed by atoms with van der Waals surface area (Å²) in [5.74, 6) is 1.86. The van der Waals surface area contributed by atoms with Crippen LogP contribution in [-0.4, -0.2) is 79.9 Å². The summed E-state index contributed by atoms with van der Waals surface area (Å²) in [6.07, 6.45) is 9.15. The van der Waals surface area contributed by atoms with E-state index < -0.39 is 12.1 Å². The highest BCUT2D eigenvalue weighted by Crippen LogP contribution is 2.56. The predicted molar refractivity (Wildman–Crippen MR) is 201 cm³/mol. The zero-order chi connectivity index (χ0) is 37.5. The van der Waals surface area contributed by atoms with Crippen LogP contribution >= 0.6 is 0 Å². The van der Waals surface area contributed by atoms with Gasteiger partial charge in [-0.3, -0.25) is 24.8 Å². The third-order valence-corrected chi connectivity index (χ3v) is 12.0. The van der Waals surface area contributed by atoms with Gasteiger partial charge >= 0.3 is 6.09 Å². The van der Waals surface area contributed by atoms with Crippen LogP contribution in [0.15, 0.2) is 60.9 Å². The molecule has 2 bridgehead atoms. The van der Waals surface area contributed by atoms with Crippen LogP contribution in [-0.2, 0) is 19.1 Å². The molecule has 13 nitrogen and oxygen atoms in total. The van der Waals surface area contributed by atoms with Crippen molar-refractivity contribution in [2.24, 2.45) is 23.7 Å². The molecule has 0 radical (unpaired) electrons. The average Bonchev–Trinajstić information content (AvgIpc) is 4.04. The summed E-state index contributed by atoms with van der Waals surface area (Å²) in [4.78, 5) is 69.4. The maximum absolute atomic E-state index is 13.5. The molecule has 2 aromatic heterocycles. The van der Waals surface area contributed by atoms with Crippen molar-refractivity contribution in [3.63, 3.8) is 0 Å². The van der Waals surface area contributed by atoms with Crippen molar-refractivity contribution in [3.8, 4) is 33.6 Å². The number of hydrogen-bond acceptors (Lipinski definition) is 7. The Labute approximate surface area is 314 Å². The SMILES string of the molecule is COC(=O)NC(C(=O)N1CCC[C@H]1c1ncc(-c2ccc(-c3ccc(-c4cnc([C@@H]5[C@H]6CC[C@H](C6)[C@H]5C(=O)NN5CCCC5=O)[nH]4)cc3)cc2)[nH]1)C(C)C. The largest absolute Gasteiger partial charge is 0.453 e. The van der Waals surface area contributed by atoms with Crippen molar-refractivity contribution < 1.29 is 23.9 Å². The van der Waals surface area contributed by atoms with Gasteiger partial charge in [0.25, 0.3) is 0 Å². The van der Waals surface area contributed by atoms with E-state index in [2.05, 4.69) is 74.2 Å². The Hall–Kier alpha value is -5.46. The standard InChI is InChI=1S/C41H48N8O5/c1-23(2)36(46-41(53)54-3)40(52)48-18-4-6-32(48)37-42-21-30(44-37)26-12-8-24(9-13-26)25-10-14-27(15-11-25)31-22-43-38(45-31)34-28-16-17-29(20-28)35(34)39(51)47-49-19-5-7-33(49)50/h8-15,21-23,28-29,32,34-36H,4-7,16-20H2,1-3H3,(H,42,44)(H,43,45)(H,46,53)(H,47,51)/t28-,29+,32-,34+,35+,36?/m0/s1. The Morgan fingerprint density at radius 1 is 0.815 bits per heavy atom. The van der Waals surface area contributed by atoms with Gasteiger partial charge in [-0.05, 0) is 78.5 Å². The van der Waals surface area contributed by atoms with Gasteiger partial charge in [-0.2, -0.15) is 0 Å². The number of fused-ring (bicyclic) bond motifs is 2. The van der Waals surface area contributed by atoms with Gasteiger partial charge in [-0.1, -0.05) is 62.4 Å². The first-order valence-corrected chi connectivity index (χ1v) is 19.3. The molecule has 13 heteroatoms. The van der Waals surface area contributed by atoms with Crippen LogP contribution in [0.1, 0.15) is 82.4 Å². The Morgan fingerprint density at radius 2 is 1.43 bits per heavy atom. The van der Waals surface area contributed by atoms with Crippen LogP contribution in [0.25, 0.3) is 33.6 Å². The lowest BCUT2D eigenvalue weighted by Gasteiger charge is -2.30. The molecule has 6 atom stereocenters. The van der Waals surface area contributed by atoms with E-state index in [-0.39, 0.29) is 41.5 Å². The lowest BCUT2D eigenvalue weighted by molar-refractivity contribution is -0.141. The highest BCUT2D eigenvalue weighted by Gasteiger charge is 2.53. The molecule has 4 aromatic rings. The van der Waals surface area contributed by atoms with Gasteiger partial charge in [0, 0.05) is 25.4 Å². The van der Waals surface area contributed by atoms with E-state index in [0.717, 1.165) is 83.8 Å². The first-order valence-electron chi connectivity index (χ1n) is 19.3. The minimum Gasteiger partial charge on any atom is -0.453 e. The fraction of sp³-hybridized carbons (Fsp3) is 0.463. The second-order valence-electron chi connectivity index (χ2n) is 15.6. The predicted octanol–water partition coefficient (Wildman–Crippen LogP) is 5.96. The molecule has 2 saturated carbocycles. The van der Waals surface area contributed by atoms with Gasteiger partial charge in [-0.25, -0.2) is 14.8 Å². The number of nitrogens with one attached hydrogen (secondary N) is 4. The minimum atomic E-state index is -0.681. The van der Waals surface area contributed by atoms with Gasteiger partial charge in [-0.15, -0.1) is 0 Å². The van der Waals surface area contributed by atoms with Crippen LogP contribution in [0.5, 0.6) is 0 Å². The zero-order valence-corrected chi connectivity index (χ0v) is 31.0. The van der Waals surface area contributed by atoms with Crippen LogP contribution in [0, 0.1) is 23.7 Å². The molecule has 2 aliphatic heterocycles. The molecule has 282 valence electrons. The number of hydrogen-bond donors (Lipinski definition) is 4. The van der Waals surface area contributed by atoms with Gasteiger partial charge in [0.05, 0.1) is 42.9 Å². The molecule has 4 fully saturated rings. The molecular formula is C41H48N8O5. The molecule has 54 heavy (non-hydrogen) atoms. The monoisotopic (exact) mass is 732 g/mol. The number of ether oxygens (including phenoxy) is 1. The maximum Gasteiger partial charge on any atom is 0.407 e. The number of benzene rings is 2. The summed E-state index contributed by atoms with van der Waals surface area (Å²) in [6, 6.07) is 15.8. The van der Waals surface area contributed by atoms with Crippen molar-refractivity contribution in [2.75, 3.05) is 20.2 Å². The molecule has 4 aliphatic rings. The van der Waals surface area contributed by atoms with E-state index in [9.17, 15) is 19.2 Å². The number of imidazole rings is 2. The van der Waals surface area contributed by atoms with Crippen molar-refractivity contribution in [1.29, 1.82) is 0 Å². The summed E-state index contributed by atoms with van der Waals surface area (Å²) >= 11 is 0. The quantitative estimate of drug-likeness (QED) is 0.156. The number of aromatic nitrogens is 4. The Kier molecular flexibility index (Phi) is 9.72. The summed E-state index contributed by atoms with van der Waals surface area (Å²) < 4.78 is 4.76. The van der Waals surface area contributed by atoms with Crippen LogP contribution in [0.3, 0.4) is 0 Å². The highest BCUT2D eigenvalue weighted by atomic mass is 16.5. The van der Waals surface area contributed by atoms with Crippen molar-refractivity contribution in [2.45, 2.75) is 76.8 Å². The molecule has 4 heterocycles. The first-order chi connectivity index (χ1) is 26.2. The fourth-order valence-corrected chi connectivity index (χ4v) is 9.22. The van der Waals surface area contributed by atoms with Gasteiger partial charge in [0.1, 0.15) is 17.7 Å². The number of likely N-dealkylation sites (tertiary alicyclic amines) is 1. The van der Waals surface area contributed by atoms with Gasteiger partial charge in [0.15, 0.2) is 0 Å². The van der Waals surface area contributed by atoms with E-state index in [4.69, 9.17) is 9.72 Å². The van der Waals surface area contributed by atoms with E-state index in [0.29, 0.717) is 31.3 Å². The third-order valence-electron chi connectivity index (χ3n) is 12.0. The Morgan fingerprint density at radius 3 is 2.04 bits per heavy atom. The number of carbonyl (C=O) groups is 4. The molecule has 1 unspecified atom stereocenters. The molecule has 2 aliphatic carbocycles. The third kappa shape index (κ3) is 6.75. The minimum absolute atomic E-state index is 0.00908. The number of hydrazine groups is 1. The van der Waals surface area contributed by atoms with Crippen molar-refractivity contribution in [3.05, 3.63) is 72.6 Å². The lowest BCUT2D eigenvalue weighted by atomic mass is 9.78. The molecule has 2 saturated heterocycles. The number of alkyl carbamates (subject to hydrolysis) is 1. The van der Waals surface area contributed by atoms with Gasteiger partial charge in [0.2, 0.25) is 17.7 Å². The molecule has 8 rings (SSSR count). The fourth-order valence-electron chi connectivity index (χ4n) is 9.22. The second kappa shape index (κ2) is 14.8. The molecular weight excluding hydrogens is 685 g/mol. The van der Waals surface area contributed by atoms with E-state index in [1.807, 2.05) is 31.1 Å². The summed E-state index contributed by atoms with van der Waals surface area (Å²) in [7, 11) is 1.29. The van der Waals surface area contributed by atoms with Crippen LogP contribution in [0.4, 0.5) is 4.79 Å². The molecule has 4 amide bonds. The number of rotatable bonds is 10. The smallest absolute Gasteiger partial charge is 0.407 e. The van der Waals surface area contributed by atoms with E-state index in [1.54, 1.807) is 0 Å². The average molecular weight is 733 g/mol. The lowest BCUT2D eigenvalue weighted by Crippen LogP contribution is -2.51. The number of aromatic amines is 2. The molecule has 4 N–H and O–H groups in total. The zero-order valence-electron chi connectivity index (χ0n) is 31.0. The molecule has 2 aromatic carbocycles. The number of amides is 4. The number of nitrogens with zero attached hydrogens (tertiary/aromatic N) is 4. The highest BCUT2D eigenvalue weighted by molar-refractivity contribution is 5.87. The maximum atomic E-state index is 13.5. The van der Waals surface area contributed by atoms with Crippen molar-refractivity contribution in [1.82, 2.24) is 40.6 Å². The van der Waals surface area contributed by atoms with E-state index >= 15 is 0 Å². The number of carbonyl (C=O) groups excluding carboxylic acids is 4. The second-order valence-corrected chi connectivity index (χ2v) is 15.6. The Bertz CT molecular complexity index is 2020. The van der Waals surface area contributed by atoms with Crippen molar-refractivity contribution >= 4 is 23.8 Å². The van der Waals surface area contributed by atoms with E-state index in [1.165, 1.54) is 12.1 Å². The summed E-state index contributed by atoms with van der Waals surface area (Å²) in [5.41, 5.74) is 8.88. The summed E-state index contributed by atoms with van der Waals surface area (Å²) in [6.45, 7) is 4.99. The number of methoxy groups -OCH3 is 1. The molecule has 0 spiro atoms.